The average Bonchev–Trinajstić information content (AvgIpc) is 3.25. The lowest BCUT2D eigenvalue weighted by Crippen LogP contribution is -2.46. The van der Waals surface area contributed by atoms with Crippen LogP contribution in [0.1, 0.15) is 40.3 Å². The van der Waals surface area contributed by atoms with Crippen LogP contribution in [-0.4, -0.2) is 11.8 Å². The predicted octanol–water partition coefficient (Wildman–Crippen LogP) is 3.04. The van der Waals surface area contributed by atoms with Crippen molar-refractivity contribution in [2.75, 3.05) is 0 Å². The molecular weight excluding hydrogens is 316 g/mol. The van der Waals surface area contributed by atoms with Crippen molar-refractivity contribution in [3.8, 4) is 0 Å². The first-order valence-corrected chi connectivity index (χ1v) is 7.74. The van der Waals surface area contributed by atoms with Crippen LogP contribution < -0.4 is 10.9 Å². The van der Waals surface area contributed by atoms with Gasteiger partial charge in [0.05, 0.1) is 11.0 Å². The first-order valence-electron chi connectivity index (χ1n) is 7.36. The van der Waals surface area contributed by atoms with Crippen LogP contribution in [-0.2, 0) is 10.2 Å². The van der Waals surface area contributed by atoms with E-state index in [4.69, 9.17) is 16.0 Å². The molecule has 1 aliphatic rings. The number of hydrogen-bond donors (Lipinski definition) is 2. The van der Waals surface area contributed by atoms with Gasteiger partial charge in [-0.15, -0.1) is 0 Å². The highest BCUT2D eigenvalue weighted by atomic mass is 35.5. The Balaban J connectivity index is 1.66. The number of carbonyl (C=O) groups excluding carboxylic acids is 2. The van der Waals surface area contributed by atoms with E-state index >= 15 is 0 Å². The summed E-state index contributed by atoms with van der Waals surface area (Å²) >= 11 is 5.88. The van der Waals surface area contributed by atoms with E-state index in [1.54, 1.807) is 32.0 Å². The Morgan fingerprint density at radius 2 is 1.78 bits per heavy atom. The van der Waals surface area contributed by atoms with Gasteiger partial charge in [0.15, 0.2) is 0 Å². The molecule has 0 saturated heterocycles. The molecule has 1 aromatic carbocycles. The summed E-state index contributed by atoms with van der Waals surface area (Å²) in [5.74, 6) is 0.567. The quantitative estimate of drug-likeness (QED) is 0.849. The zero-order chi connectivity index (χ0) is 16.6. The highest BCUT2D eigenvalue weighted by Gasteiger charge is 2.51. The van der Waals surface area contributed by atoms with Crippen LogP contribution >= 0.6 is 11.6 Å². The van der Waals surface area contributed by atoms with Crippen LogP contribution in [0.2, 0.25) is 5.02 Å². The van der Waals surface area contributed by atoms with Crippen molar-refractivity contribution in [1.82, 2.24) is 10.9 Å². The van der Waals surface area contributed by atoms with Gasteiger partial charge in [-0.25, -0.2) is 0 Å². The van der Waals surface area contributed by atoms with Crippen LogP contribution in [0.3, 0.4) is 0 Å². The molecule has 0 radical (unpaired) electrons. The molecule has 1 aromatic heterocycles. The topological polar surface area (TPSA) is 71.3 Å². The molecule has 5 nitrogen and oxygen atoms in total. The fraction of sp³-hybridized carbons (Fsp3) is 0.294. The van der Waals surface area contributed by atoms with Crippen LogP contribution in [0, 0.1) is 13.8 Å². The van der Waals surface area contributed by atoms with E-state index in [1.165, 1.54) is 0 Å². The van der Waals surface area contributed by atoms with Gasteiger partial charge in [-0.05, 0) is 50.5 Å². The second kappa shape index (κ2) is 5.74. The van der Waals surface area contributed by atoms with Crippen molar-refractivity contribution in [2.45, 2.75) is 32.1 Å². The van der Waals surface area contributed by atoms with Gasteiger partial charge in [-0.3, -0.25) is 20.4 Å². The monoisotopic (exact) mass is 332 g/mol. The van der Waals surface area contributed by atoms with E-state index < -0.39 is 5.41 Å². The molecule has 23 heavy (non-hydrogen) atoms. The standard InChI is InChI=1S/C17H17ClN2O3/c1-10-9-14(11(2)23-10)15(21)19-20-16(22)17(7-8-17)12-3-5-13(18)6-4-12/h3-6,9H,7-8H2,1-2H3,(H,19,21)(H,20,22). The number of amides is 2. The van der Waals surface area contributed by atoms with Crippen molar-refractivity contribution in [3.63, 3.8) is 0 Å². The van der Waals surface area contributed by atoms with Gasteiger partial charge in [0.25, 0.3) is 5.91 Å². The van der Waals surface area contributed by atoms with Crippen molar-refractivity contribution in [2.24, 2.45) is 0 Å². The smallest absolute Gasteiger partial charge is 0.273 e. The second-order valence-electron chi connectivity index (χ2n) is 5.82. The summed E-state index contributed by atoms with van der Waals surface area (Å²) < 4.78 is 5.32. The molecule has 1 fully saturated rings. The Bertz CT molecular complexity index is 761. The highest BCUT2D eigenvalue weighted by molar-refractivity contribution is 6.30. The third kappa shape index (κ3) is 2.97. The minimum Gasteiger partial charge on any atom is -0.466 e. The molecule has 0 bridgehead atoms. The third-order valence-corrected chi connectivity index (χ3v) is 4.41. The number of hydrazine groups is 1. The van der Waals surface area contributed by atoms with Crippen molar-refractivity contribution in [1.29, 1.82) is 0 Å². The van der Waals surface area contributed by atoms with Crippen molar-refractivity contribution in [3.05, 3.63) is 58.0 Å². The molecule has 120 valence electrons. The molecule has 6 heteroatoms. The zero-order valence-electron chi connectivity index (χ0n) is 12.9. The molecule has 0 spiro atoms. The maximum absolute atomic E-state index is 12.5. The molecule has 3 rings (SSSR count). The Hall–Kier alpha value is -2.27. The van der Waals surface area contributed by atoms with Gasteiger partial charge < -0.3 is 4.42 Å². The number of rotatable bonds is 3. The highest BCUT2D eigenvalue weighted by Crippen LogP contribution is 2.48. The molecule has 2 amide bonds. The molecule has 0 aliphatic heterocycles. The average molecular weight is 333 g/mol. The van der Waals surface area contributed by atoms with E-state index in [0.29, 0.717) is 22.1 Å². The molecule has 1 heterocycles. The summed E-state index contributed by atoms with van der Waals surface area (Å²) in [4.78, 5) is 24.6. The minimum absolute atomic E-state index is 0.217. The Kier molecular flexibility index (Phi) is 3.90. The summed E-state index contributed by atoms with van der Waals surface area (Å²) in [7, 11) is 0. The zero-order valence-corrected chi connectivity index (χ0v) is 13.7. The Labute approximate surface area is 139 Å². The number of halogens is 1. The summed E-state index contributed by atoms with van der Waals surface area (Å²) in [5, 5.41) is 0.629. The molecule has 2 N–H and O–H groups in total. The van der Waals surface area contributed by atoms with E-state index in [2.05, 4.69) is 10.9 Å². The van der Waals surface area contributed by atoms with Crippen LogP contribution in [0.25, 0.3) is 0 Å². The van der Waals surface area contributed by atoms with Gasteiger partial charge in [0, 0.05) is 5.02 Å². The summed E-state index contributed by atoms with van der Waals surface area (Å²) in [6.45, 7) is 3.47. The number of hydrogen-bond acceptors (Lipinski definition) is 3. The SMILES string of the molecule is Cc1cc(C(=O)NNC(=O)C2(c3ccc(Cl)cc3)CC2)c(C)o1. The molecule has 2 aromatic rings. The third-order valence-electron chi connectivity index (χ3n) is 4.16. The van der Waals surface area contributed by atoms with Gasteiger partial charge in [0.2, 0.25) is 5.91 Å². The molecular formula is C17H17ClN2O3. The van der Waals surface area contributed by atoms with E-state index in [0.717, 1.165) is 18.4 Å². The van der Waals surface area contributed by atoms with E-state index in [-0.39, 0.29) is 11.8 Å². The fourth-order valence-corrected chi connectivity index (χ4v) is 2.82. The van der Waals surface area contributed by atoms with Gasteiger partial charge in [-0.2, -0.15) is 0 Å². The van der Waals surface area contributed by atoms with Crippen LogP contribution in [0.4, 0.5) is 0 Å². The van der Waals surface area contributed by atoms with Crippen LogP contribution in [0.15, 0.2) is 34.7 Å². The number of aryl methyl sites for hydroxylation is 2. The summed E-state index contributed by atoms with van der Waals surface area (Å²) in [6, 6.07) is 8.87. The molecule has 1 saturated carbocycles. The molecule has 0 unspecified atom stereocenters. The number of nitrogens with one attached hydrogen (secondary N) is 2. The first-order chi connectivity index (χ1) is 10.9. The lowest BCUT2D eigenvalue weighted by atomic mass is 9.95. The maximum atomic E-state index is 12.5. The Morgan fingerprint density at radius 3 is 2.30 bits per heavy atom. The lowest BCUT2D eigenvalue weighted by Gasteiger charge is -2.16. The normalized spacial score (nSPS) is 15.1. The molecule has 1 aliphatic carbocycles. The second-order valence-corrected chi connectivity index (χ2v) is 6.26. The van der Waals surface area contributed by atoms with Crippen molar-refractivity contribution < 1.29 is 14.0 Å². The fourth-order valence-electron chi connectivity index (χ4n) is 2.70. The van der Waals surface area contributed by atoms with Crippen molar-refractivity contribution >= 4 is 23.4 Å². The Morgan fingerprint density at radius 1 is 1.13 bits per heavy atom. The number of benzene rings is 1. The minimum atomic E-state index is -0.570. The summed E-state index contributed by atoms with van der Waals surface area (Å²) in [5.41, 5.74) is 5.73. The van der Waals surface area contributed by atoms with Gasteiger partial charge >= 0.3 is 0 Å². The van der Waals surface area contributed by atoms with Gasteiger partial charge in [-0.1, -0.05) is 23.7 Å². The first kappa shape index (κ1) is 15.6. The van der Waals surface area contributed by atoms with E-state index in [1.807, 2.05) is 12.1 Å². The van der Waals surface area contributed by atoms with Crippen LogP contribution in [0.5, 0.6) is 0 Å². The lowest BCUT2D eigenvalue weighted by molar-refractivity contribution is -0.124. The predicted molar refractivity (Wildman–Crippen MR) is 86.2 cm³/mol. The number of furan rings is 1. The summed E-state index contributed by atoms with van der Waals surface area (Å²) in [6.07, 6.45) is 1.50. The van der Waals surface area contributed by atoms with E-state index in [9.17, 15) is 9.59 Å². The molecule has 0 atom stereocenters. The maximum Gasteiger partial charge on any atom is 0.273 e. The van der Waals surface area contributed by atoms with Gasteiger partial charge in [0.1, 0.15) is 11.5 Å². The largest absolute Gasteiger partial charge is 0.466 e. The number of carbonyl (C=O) groups is 2.